The molecule has 0 saturated heterocycles. The lowest BCUT2D eigenvalue weighted by molar-refractivity contribution is -0.384. The predicted octanol–water partition coefficient (Wildman–Crippen LogP) is 3.39. The van der Waals surface area contributed by atoms with Crippen LogP contribution in [0.3, 0.4) is 0 Å². The maximum absolute atomic E-state index is 12.2. The molecule has 4 N–H and O–H groups in total. The third-order valence-electron chi connectivity index (χ3n) is 3.85. The summed E-state index contributed by atoms with van der Waals surface area (Å²) < 4.78 is 0. The van der Waals surface area contributed by atoms with Crippen LogP contribution in [-0.4, -0.2) is 23.0 Å². The topological polar surface area (TPSA) is 108 Å². The number of benzene rings is 2. The first-order valence-electron chi connectivity index (χ1n) is 8.25. The molecule has 2 aromatic rings. The second-order valence-electron chi connectivity index (χ2n) is 6.05. The number of hydrogen-bond acceptors (Lipinski definition) is 5. The van der Waals surface area contributed by atoms with E-state index in [0.29, 0.717) is 11.6 Å². The van der Waals surface area contributed by atoms with Gasteiger partial charge in [0.15, 0.2) is 5.11 Å². The molecule has 0 aliphatic heterocycles. The van der Waals surface area contributed by atoms with Crippen LogP contribution in [0.25, 0.3) is 0 Å². The van der Waals surface area contributed by atoms with E-state index >= 15 is 0 Å². The molecule has 0 spiro atoms. The number of nitrogens with one attached hydrogen (secondary N) is 4. The van der Waals surface area contributed by atoms with Gasteiger partial charge in [0.2, 0.25) is 0 Å². The predicted molar refractivity (Wildman–Crippen MR) is 110 cm³/mol. The number of hydrogen-bond donors (Lipinski definition) is 4. The fraction of sp³-hybridized carbons (Fsp3) is 0.222. The zero-order valence-electron chi connectivity index (χ0n) is 15.2. The normalized spacial score (nSPS) is 10.2. The Kier molecular flexibility index (Phi) is 6.67. The van der Waals surface area contributed by atoms with E-state index in [-0.39, 0.29) is 16.4 Å². The summed E-state index contributed by atoms with van der Waals surface area (Å²) in [5, 5.41) is 16.9. The highest BCUT2D eigenvalue weighted by molar-refractivity contribution is 7.80. The van der Waals surface area contributed by atoms with Crippen molar-refractivity contribution in [1.29, 1.82) is 0 Å². The molecule has 0 saturated carbocycles. The average molecular weight is 387 g/mol. The first-order chi connectivity index (χ1) is 12.8. The van der Waals surface area contributed by atoms with E-state index in [1.807, 2.05) is 24.3 Å². The minimum absolute atomic E-state index is 0.136. The molecule has 9 heteroatoms. The van der Waals surface area contributed by atoms with E-state index in [2.05, 4.69) is 35.3 Å². The molecule has 0 aliphatic rings. The van der Waals surface area contributed by atoms with Crippen molar-refractivity contribution < 1.29 is 9.72 Å². The van der Waals surface area contributed by atoms with Crippen LogP contribution in [-0.2, 0) is 0 Å². The van der Waals surface area contributed by atoms with Crippen molar-refractivity contribution in [3.63, 3.8) is 0 Å². The van der Waals surface area contributed by atoms with Gasteiger partial charge in [0.1, 0.15) is 5.69 Å². The van der Waals surface area contributed by atoms with Crippen molar-refractivity contribution in [1.82, 2.24) is 10.9 Å². The highest BCUT2D eigenvalue weighted by atomic mass is 32.1. The molecule has 0 radical (unpaired) electrons. The number of amides is 1. The largest absolute Gasteiger partial charge is 0.383 e. The van der Waals surface area contributed by atoms with Crippen LogP contribution in [0.5, 0.6) is 0 Å². The molecule has 0 atom stereocenters. The molecule has 0 fully saturated rings. The van der Waals surface area contributed by atoms with Crippen LogP contribution >= 0.6 is 12.2 Å². The fourth-order valence-electron chi connectivity index (χ4n) is 2.33. The Morgan fingerprint density at radius 3 is 2.33 bits per heavy atom. The van der Waals surface area contributed by atoms with E-state index < -0.39 is 10.8 Å². The van der Waals surface area contributed by atoms with Crippen LogP contribution in [0.1, 0.15) is 35.7 Å². The van der Waals surface area contributed by atoms with Gasteiger partial charge in [-0.25, -0.2) is 0 Å². The van der Waals surface area contributed by atoms with Crippen molar-refractivity contribution in [2.24, 2.45) is 0 Å². The van der Waals surface area contributed by atoms with Crippen molar-refractivity contribution in [3.05, 3.63) is 63.7 Å². The Morgan fingerprint density at radius 1 is 1.11 bits per heavy atom. The number of nitrogens with zero attached hydrogens (tertiary/aromatic N) is 1. The monoisotopic (exact) mass is 387 g/mol. The summed E-state index contributed by atoms with van der Waals surface area (Å²) >= 11 is 5.14. The maximum atomic E-state index is 12.2. The van der Waals surface area contributed by atoms with Crippen LogP contribution < -0.4 is 21.5 Å². The van der Waals surface area contributed by atoms with Gasteiger partial charge in [0, 0.05) is 24.4 Å². The van der Waals surface area contributed by atoms with Gasteiger partial charge >= 0.3 is 0 Å². The lowest BCUT2D eigenvalue weighted by Gasteiger charge is -2.13. The summed E-state index contributed by atoms with van der Waals surface area (Å²) in [6.45, 7) is 4.22. The van der Waals surface area contributed by atoms with E-state index in [9.17, 15) is 14.9 Å². The Bertz CT molecular complexity index is 853. The van der Waals surface area contributed by atoms with E-state index in [4.69, 9.17) is 12.2 Å². The second kappa shape index (κ2) is 8.95. The van der Waals surface area contributed by atoms with E-state index in [1.165, 1.54) is 23.8 Å². The number of hydrazine groups is 1. The third kappa shape index (κ3) is 5.38. The second-order valence-corrected chi connectivity index (χ2v) is 6.46. The fourth-order valence-corrected chi connectivity index (χ4v) is 2.50. The van der Waals surface area contributed by atoms with Crippen molar-refractivity contribution >= 4 is 40.3 Å². The summed E-state index contributed by atoms with van der Waals surface area (Å²) in [5.41, 5.74) is 7.26. The number of thiocarbonyl (C=S) groups is 1. The van der Waals surface area contributed by atoms with Crippen molar-refractivity contribution in [2.45, 2.75) is 19.8 Å². The minimum Gasteiger partial charge on any atom is -0.383 e. The van der Waals surface area contributed by atoms with E-state index in [0.717, 1.165) is 5.69 Å². The zero-order chi connectivity index (χ0) is 20.0. The molecule has 142 valence electrons. The number of carbonyl (C=O) groups excluding carboxylic acids is 1. The van der Waals surface area contributed by atoms with Crippen molar-refractivity contribution in [3.8, 4) is 0 Å². The van der Waals surface area contributed by atoms with Gasteiger partial charge in [-0.2, -0.15) is 0 Å². The summed E-state index contributed by atoms with van der Waals surface area (Å²) in [6, 6.07) is 11.9. The number of rotatable bonds is 5. The molecule has 2 aromatic carbocycles. The Morgan fingerprint density at radius 2 is 1.78 bits per heavy atom. The maximum Gasteiger partial charge on any atom is 0.293 e. The van der Waals surface area contributed by atoms with Crippen LogP contribution in [0.2, 0.25) is 0 Å². The van der Waals surface area contributed by atoms with Gasteiger partial charge in [-0.3, -0.25) is 25.8 Å². The summed E-state index contributed by atoms with van der Waals surface area (Å²) in [4.78, 5) is 22.7. The quantitative estimate of drug-likeness (QED) is 0.354. The minimum atomic E-state index is -0.553. The molecule has 0 aromatic heterocycles. The number of anilines is 2. The average Bonchev–Trinajstić information content (AvgIpc) is 2.65. The molecule has 27 heavy (non-hydrogen) atoms. The molecule has 0 unspecified atom stereocenters. The summed E-state index contributed by atoms with van der Waals surface area (Å²) in [7, 11) is 1.57. The molecule has 0 heterocycles. The summed E-state index contributed by atoms with van der Waals surface area (Å²) in [5.74, 6) is -0.109. The van der Waals surface area contributed by atoms with Crippen LogP contribution in [0.15, 0.2) is 42.5 Å². The SMILES string of the molecule is CNc1ccc(C(=O)NNC(=S)Nc2ccc(C(C)C)cc2)cc1[N+](=O)[O-]. The first-order valence-corrected chi connectivity index (χ1v) is 8.66. The molecule has 8 nitrogen and oxygen atoms in total. The molecule has 0 aliphatic carbocycles. The van der Waals surface area contributed by atoms with E-state index in [1.54, 1.807) is 7.05 Å². The van der Waals surface area contributed by atoms with Crippen molar-refractivity contribution in [2.75, 3.05) is 17.7 Å². The van der Waals surface area contributed by atoms with Gasteiger partial charge in [0.05, 0.1) is 4.92 Å². The standard InChI is InChI=1S/C18H21N5O3S/c1-11(2)12-4-7-14(8-5-12)20-18(27)22-21-17(24)13-6-9-15(19-3)16(10-13)23(25)26/h4-11,19H,1-3H3,(H,21,24)(H2,20,22,27). The number of nitro benzene ring substituents is 1. The molecule has 0 bridgehead atoms. The highest BCUT2D eigenvalue weighted by Crippen LogP contribution is 2.24. The van der Waals surface area contributed by atoms with Crippen LogP contribution in [0.4, 0.5) is 17.1 Å². The third-order valence-corrected chi connectivity index (χ3v) is 4.05. The van der Waals surface area contributed by atoms with Gasteiger partial charge in [-0.05, 0) is 48.0 Å². The number of nitro groups is 1. The molecular formula is C18H21N5O3S. The first kappa shape index (κ1) is 20.1. The molecular weight excluding hydrogens is 366 g/mol. The Hall–Kier alpha value is -3.20. The van der Waals surface area contributed by atoms with Gasteiger partial charge < -0.3 is 10.6 Å². The Balaban J connectivity index is 1.95. The molecule has 1 amide bonds. The van der Waals surface area contributed by atoms with Gasteiger partial charge in [-0.15, -0.1) is 0 Å². The molecule has 2 rings (SSSR count). The zero-order valence-corrected chi connectivity index (χ0v) is 16.0. The Labute approximate surface area is 162 Å². The highest BCUT2D eigenvalue weighted by Gasteiger charge is 2.16. The van der Waals surface area contributed by atoms with Gasteiger partial charge in [0.25, 0.3) is 11.6 Å². The van der Waals surface area contributed by atoms with Crippen LogP contribution in [0, 0.1) is 10.1 Å². The summed E-state index contributed by atoms with van der Waals surface area (Å²) in [6.07, 6.45) is 0. The number of carbonyl (C=O) groups is 1. The smallest absolute Gasteiger partial charge is 0.293 e. The lowest BCUT2D eigenvalue weighted by Crippen LogP contribution is -2.43. The lowest BCUT2D eigenvalue weighted by atomic mass is 10.0. The van der Waals surface area contributed by atoms with Gasteiger partial charge in [-0.1, -0.05) is 26.0 Å².